The van der Waals surface area contributed by atoms with Gasteiger partial charge in [0, 0.05) is 12.1 Å². The fraction of sp³-hybridized carbons (Fsp3) is 0.667. The van der Waals surface area contributed by atoms with Crippen LogP contribution >= 0.6 is 0 Å². The number of hydrogen-bond acceptors (Lipinski definition) is 3. The van der Waals surface area contributed by atoms with Crippen LogP contribution in [0.2, 0.25) is 0 Å². The van der Waals surface area contributed by atoms with Gasteiger partial charge in [0.15, 0.2) is 0 Å². The number of hydrogen-bond donors (Lipinski definition) is 2. The molecule has 0 radical (unpaired) electrons. The standard InChI is InChI=1S/C12H17N3O2/c16-12(17)9-5-8-7-14-15(11(8)13-6-9)10-3-1-2-4-10/h7,9-10,13H,1-6H2,(H,16,17). The Labute approximate surface area is 99.8 Å². The summed E-state index contributed by atoms with van der Waals surface area (Å²) in [5, 5.41) is 16.7. The molecule has 2 N–H and O–H groups in total. The van der Waals surface area contributed by atoms with Crippen LogP contribution in [0.4, 0.5) is 5.82 Å². The maximum atomic E-state index is 11.0. The first-order chi connectivity index (χ1) is 8.25. The van der Waals surface area contributed by atoms with Crippen LogP contribution in [-0.4, -0.2) is 27.4 Å². The number of nitrogens with zero attached hydrogens (tertiary/aromatic N) is 2. The maximum Gasteiger partial charge on any atom is 0.308 e. The summed E-state index contributed by atoms with van der Waals surface area (Å²) >= 11 is 0. The van der Waals surface area contributed by atoms with Gasteiger partial charge in [0.2, 0.25) is 0 Å². The molecular weight excluding hydrogens is 218 g/mol. The predicted octanol–water partition coefficient (Wildman–Crippen LogP) is 1.67. The minimum Gasteiger partial charge on any atom is -0.481 e. The lowest BCUT2D eigenvalue weighted by Gasteiger charge is -2.23. The van der Waals surface area contributed by atoms with Gasteiger partial charge in [-0.2, -0.15) is 5.10 Å². The van der Waals surface area contributed by atoms with Crippen molar-refractivity contribution in [1.29, 1.82) is 0 Å². The molecule has 92 valence electrons. The summed E-state index contributed by atoms with van der Waals surface area (Å²) in [6, 6.07) is 0.507. The van der Waals surface area contributed by atoms with Crippen molar-refractivity contribution in [2.24, 2.45) is 5.92 Å². The summed E-state index contributed by atoms with van der Waals surface area (Å²) in [7, 11) is 0. The lowest BCUT2D eigenvalue weighted by Crippen LogP contribution is -2.30. The average Bonchev–Trinajstić information content (AvgIpc) is 2.96. The van der Waals surface area contributed by atoms with Gasteiger partial charge in [0.05, 0.1) is 18.2 Å². The number of aliphatic carboxylic acids is 1. The molecule has 1 saturated carbocycles. The molecule has 2 aliphatic rings. The zero-order valence-electron chi connectivity index (χ0n) is 9.72. The number of carboxylic acid groups (broad SMARTS) is 1. The summed E-state index contributed by atoms with van der Waals surface area (Å²) in [6.45, 7) is 0.515. The van der Waals surface area contributed by atoms with E-state index in [-0.39, 0.29) is 5.92 Å². The lowest BCUT2D eigenvalue weighted by molar-refractivity contribution is -0.141. The molecule has 5 heteroatoms. The van der Waals surface area contributed by atoms with Gasteiger partial charge in [-0.15, -0.1) is 0 Å². The van der Waals surface area contributed by atoms with E-state index in [0.717, 1.165) is 11.4 Å². The van der Waals surface area contributed by atoms with Crippen LogP contribution in [0.15, 0.2) is 6.20 Å². The summed E-state index contributed by atoms with van der Waals surface area (Å²) in [6.07, 6.45) is 7.37. The van der Waals surface area contributed by atoms with Crippen molar-refractivity contribution in [2.45, 2.75) is 38.1 Å². The van der Waals surface area contributed by atoms with E-state index in [0.29, 0.717) is 19.0 Å². The molecule has 3 rings (SSSR count). The Hall–Kier alpha value is -1.52. The largest absolute Gasteiger partial charge is 0.481 e. The predicted molar refractivity (Wildman–Crippen MR) is 63.1 cm³/mol. The minimum atomic E-state index is -0.725. The third-order valence-electron chi connectivity index (χ3n) is 3.87. The highest BCUT2D eigenvalue weighted by Gasteiger charge is 2.29. The van der Waals surface area contributed by atoms with Crippen molar-refractivity contribution in [2.75, 3.05) is 11.9 Å². The van der Waals surface area contributed by atoms with Crippen molar-refractivity contribution in [1.82, 2.24) is 9.78 Å². The second-order valence-electron chi connectivity index (χ2n) is 5.02. The Kier molecular flexibility index (Phi) is 2.53. The Morgan fingerprint density at radius 2 is 2.24 bits per heavy atom. The normalized spacial score (nSPS) is 24.4. The van der Waals surface area contributed by atoms with E-state index in [1.54, 1.807) is 0 Å². The van der Waals surface area contributed by atoms with Crippen molar-refractivity contribution in [3.63, 3.8) is 0 Å². The van der Waals surface area contributed by atoms with Crippen molar-refractivity contribution in [3.8, 4) is 0 Å². The van der Waals surface area contributed by atoms with E-state index in [9.17, 15) is 4.79 Å². The van der Waals surface area contributed by atoms with Crippen molar-refractivity contribution in [3.05, 3.63) is 11.8 Å². The number of nitrogens with one attached hydrogen (secondary N) is 1. The molecular formula is C12H17N3O2. The van der Waals surface area contributed by atoms with Gasteiger partial charge < -0.3 is 10.4 Å². The second kappa shape index (κ2) is 4.05. The number of carboxylic acids is 1. The minimum absolute atomic E-state index is 0.316. The van der Waals surface area contributed by atoms with E-state index in [2.05, 4.69) is 15.1 Å². The van der Waals surface area contributed by atoms with Gasteiger partial charge in [-0.05, 0) is 19.3 Å². The van der Waals surface area contributed by atoms with E-state index in [4.69, 9.17) is 5.11 Å². The summed E-state index contributed by atoms with van der Waals surface area (Å²) in [5.41, 5.74) is 1.05. The Morgan fingerprint density at radius 1 is 1.47 bits per heavy atom. The molecule has 1 unspecified atom stereocenters. The molecule has 0 bridgehead atoms. The topological polar surface area (TPSA) is 67.2 Å². The monoisotopic (exact) mass is 235 g/mol. The fourth-order valence-corrected chi connectivity index (χ4v) is 2.90. The van der Waals surface area contributed by atoms with E-state index in [1.165, 1.54) is 25.7 Å². The molecule has 1 aliphatic heterocycles. The highest BCUT2D eigenvalue weighted by Crippen LogP contribution is 2.34. The lowest BCUT2D eigenvalue weighted by atomic mass is 9.98. The van der Waals surface area contributed by atoms with E-state index >= 15 is 0 Å². The number of carbonyl (C=O) groups is 1. The van der Waals surface area contributed by atoms with Crippen LogP contribution in [-0.2, 0) is 11.2 Å². The SMILES string of the molecule is O=C(O)C1CNc2c(cnn2C2CCCC2)C1. The highest BCUT2D eigenvalue weighted by molar-refractivity contribution is 5.72. The van der Waals surface area contributed by atoms with E-state index < -0.39 is 5.97 Å². The summed E-state index contributed by atoms with van der Waals surface area (Å²) < 4.78 is 2.07. The number of fused-ring (bicyclic) bond motifs is 1. The second-order valence-corrected chi connectivity index (χ2v) is 5.02. The zero-order chi connectivity index (χ0) is 11.8. The number of aromatic nitrogens is 2. The molecule has 5 nitrogen and oxygen atoms in total. The van der Waals surface area contributed by atoms with Crippen molar-refractivity contribution >= 4 is 11.8 Å². The first-order valence-corrected chi connectivity index (χ1v) is 6.29. The smallest absolute Gasteiger partial charge is 0.308 e. The molecule has 1 fully saturated rings. The Morgan fingerprint density at radius 3 is 2.94 bits per heavy atom. The zero-order valence-corrected chi connectivity index (χ0v) is 9.72. The molecule has 0 spiro atoms. The van der Waals surface area contributed by atoms with Gasteiger partial charge in [-0.1, -0.05) is 12.8 Å². The van der Waals surface area contributed by atoms with Crippen LogP contribution in [0.5, 0.6) is 0 Å². The van der Waals surface area contributed by atoms with Gasteiger partial charge in [0.25, 0.3) is 0 Å². The van der Waals surface area contributed by atoms with Gasteiger partial charge in [0.1, 0.15) is 5.82 Å². The molecule has 0 aromatic carbocycles. The molecule has 1 atom stereocenters. The van der Waals surface area contributed by atoms with Crippen LogP contribution < -0.4 is 5.32 Å². The summed E-state index contributed by atoms with van der Waals surface area (Å²) in [4.78, 5) is 11.0. The van der Waals surface area contributed by atoms with Gasteiger partial charge in [-0.3, -0.25) is 4.79 Å². The number of rotatable bonds is 2. The van der Waals surface area contributed by atoms with Gasteiger partial charge in [-0.25, -0.2) is 4.68 Å². The average molecular weight is 235 g/mol. The Bertz CT molecular complexity index is 435. The maximum absolute atomic E-state index is 11.0. The first kappa shape index (κ1) is 10.6. The number of anilines is 1. The van der Waals surface area contributed by atoms with Crippen LogP contribution in [0.1, 0.15) is 37.3 Å². The Balaban J connectivity index is 1.84. The molecule has 17 heavy (non-hydrogen) atoms. The molecule has 1 aliphatic carbocycles. The van der Waals surface area contributed by atoms with Crippen LogP contribution in [0.3, 0.4) is 0 Å². The summed E-state index contributed by atoms with van der Waals surface area (Å²) in [5.74, 6) is 0.00916. The van der Waals surface area contributed by atoms with Crippen LogP contribution in [0.25, 0.3) is 0 Å². The molecule has 1 aromatic heterocycles. The van der Waals surface area contributed by atoms with Gasteiger partial charge >= 0.3 is 5.97 Å². The quantitative estimate of drug-likeness (QED) is 0.818. The fourth-order valence-electron chi connectivity index (χ4n) is 2.90. The molecule has 0 amide bonds. The van der Waals surface area contributed by atoms with Crippen LogP contribution in [0, 0.1) is 5.92 Å². The molecule has 2 heterocycles. The molecule has 0 saturated heterocycles. The first-order valence-electron chi connectivity index (χ1n) is 6.29. The molecule has 1 aromatic rings. The van der Waals surface area contributed by atoms with E-state index in [1.807, 2.05) is 6.20 Å². The third-order valence-corrected chi connectivity index (χ3v) is 3.87. The van der Waals surface area contributed by atoms with Crippen molar-refractivity contribution < 1.29 is 9.90 Å². The highest BCUT2D eigenvalue weighted by atomic mass is 16.4. The third kappa shape index (κ3) is 1.79.